The van der Waals surface area contributed by atoms with E-state index < -0.39 is 6.10 Å². The van der Waals surface area contributed by atoms with Crippen molar-refractivity contribution in [3.63, 3.8) is 0 Å². The van der Waals surface area contributed by atoms with E-state index in [0.717, 1.165) is 11.3 Å². The van der Waals surface area contributed by atoms with Crippen LogP contribution in [-0.4, -0.2) is 24.4 Å². The molecule has 3 heteroatoms. The third kappa shape index (κ3) is 4.36. The molecular formula is C14H22O3. The van der Waals surface area contributed by atoms with Crippen molar-refractivity contribution in [2.75, 3.05) is 13.7 Å². The molecule has 3 nitrogen and oxygen atoms in total. The van der Waals surface area contributed by atoms with E-state index in [2.05, 4.69) is 0 Å². The second-order valence-electron chi connectivity index (χ2n) is 4.69. The van der Waals surface area contributed by atoms with E-state index in [4.69, 9.17) is 9.47 Å². The highest BCUT2D eigenvalue weighted by Gasteiger charge is 2.22. The SMILES string of the molecule is CCOc1ccc(C(O)CC(C)(C)OC)cc1. The van der Waals surface area contributed by atoms with Crippen LogP contribution in [0.15, 0.2) is 24.3 Å². The molecule has 1 aromatic rings. The topological polar surface area (TPSA) is 38.7 Å². The van der Waals surface area contributed by atoms with Gasteiger partial charge in [-0.1, -0.05) is 12.1 Å². The largest absolute Gasteiger partial charge is 0.494 e. The van der Waals surface area contributed by atoms with Crippen LogP contribution in [0.3, 0.4) is 0 Å². The molecule has 0 fully saturated rings. The number of aliphatic hydroxyl groups is 1. The molecule has 1 unspecified atom stereocenters. The molecule has 0 heterocycles. The third-order valence-electron chi connectivity index (χ3n) is 2.81. The van der Waals surface area contributed by atoms with Gasteiger partial charge in [-0.25, -0.2) is 0 Å². The zero-order valence-electron chi connectivity index (χ0n) is 11.1. The predicted octanol–water partition coefficient (Wildman–Crippen LogP) is 2.93. The molecule has 0 aliphatic carbocycles. The van der Waals surface area contributed by atoms with Crippen molar-refractivity contribution in [2.45, 2.75) is 38.9 Å². The Morgan fingerprint density at radius 3 is 2.29 bits per heavy atom. The van der Waals surface area contributed by atoms with Crippen molar-refractivity contribution in [3.05, 3.63) is 29.8 Å². The number of hydrogen-bond acceptors (Lipinski definition) is 3. The molecule has 0 radical (unpaired) electrons. The summed E-state index contributed by atoms with van der Waals surface area (Å²) in [6.45, 7) is 6.53. The fraction of sp³-hybridized carbons (Fsp3) is 0.571. The van der Waals surface area contributed by atoms with E-state index in [1.54, 1.807) is 7.11 Å². The smallest absolute Gasteiger partial charge is 0.119 e. The number of rotatable bonds is 6. The minimum Gasteiger partial charge on any atom is -0.494 e. The van der Waals surface area contributed by atoms with Gasteiger partial charge in [0.1, 0.15) is 5.75 Å². The maximum absolute atomic E-state index is 10.1. The van der Waals surface area contributed by atoms with Crippen molar-refractivity contribution in [1.82, 2.24) is 0 Å². The molecule has 0 saturated carbocycles. The van der Waals surface area contributed by atoms with E-state index in [9.17, 15) is 5.11 Å². The molecule has 0 bridgehead atoms. The molecule has 0 spiro atoms. The Hall–Kier alpha value is -1.06. The minimum atomic E-state index is -0.513. The Morgan fingerprint density at radius 2 is 1.82 bits per heavy atom. The molecule has 17 heavy (non-hydrogen) atoms. The van der Waals surface area contributed by atoms with Gasteiger partial charge in [0.25, 0.3) is 0 Å². The maximum Gasteiger partial charge on any atom is 0.119 e. The standard InChI is InChI=1S/C14H22O3/c1-5-17-12-8-6-11(7-9-12)13(15)10-14(2,3)16-4/h6-9,13,15H,5,10H2,1-4H3. The Kier molecular flexibility index (Phi) is 4.97. The third-order valence-corrected chi connectivity index (χ3v) is 2.81. The number of benzene rings is 1. The lowest BCUT2D eigenvalue weighted by Gasteiger charge is -2.26. The molecule has 1 atom stereocenters. The summed E-state index contributed by atoms with van der Waals surface area (Å²) in [7, 11) is 1.66. The molecule has 96 valence electrons. The van der Waals surface area contributed by atoms with Gasteiger partial charge in [0.2, 0.25) is 0 Å². The number of ether oxygens (including phenoxy) is 2. The van der Waals surface area contributed by atoms with Gasteiger partial charge in [-0.05, 0) is 38.5 Å². The summed E-state index contributed by atoms with van der Waals surface area (Å²) in [5.41, 5.74) is 0.566. The van der Waals surface area contributed by atoms with Crippen molar-refractivity contribution in [1.29, 1.82) is 0 Å². The van der Waals surface area contributed by atoms with Crippen LogP contribution in [0, 0.1) is 0 Å². The van der Waals surface area contributed by atoms with Crippen molar-refractivity contribution < 1.29 is 14.6 Å². The van der Waals surface area contributed by atoms with E-state index in [1.807, 2.05) is 45.0 Å². The highest BCUT2D eigenvalue weighted by Crippen LogP contribution is 2.26. The summed E-state index contributed by atoms with van der Waals surface area (Å²) in [4.78, 5) is 0. The maximum atomic E-state index is 10.1. The van der Waals surface area contributed by atoms with E-state index in [1.165, 1.54) is 0 Å². The lowest BCUT2D eigenvalue weighted by molar-refractivity contribution is -0.0201. The summed E-state index contributed by atoms with van der Waals surface area (Å²) in [5, 5.41) is 10.1. The normalized spacial score (nSPS) is 13.5. The first-order valence-corrected chi connectivity index (χ1v) is 5.94. The number of aliphatic hydroxyl groups excluding tert-OH is 1. The van der Waals surface area contributed by atoms with E-state index in [0.29, 0.717) is 13.0 Å². The first-order valence-electron chi connectivity index (χ1n) is 5.94. The van der Waals surface area contributed by atoms with Gasteiger partial charge in [-0.15, -0.1) is 0 Å². The summed E-state index contributed by atoms with van der Waals surface area (Å²) >= 11 is 0. The van der Waals surface area contributed by atoms with E-state index >= 15 is 0 Å². The second-order valence-corrected chi connectivity index (χ2v) is 4.69. The van der Waals surface area contributed by atoms with Crippen LogP contribution in [0.4, 0.5) is 0 Å². The van der Waals surface area contributed by atoms with Crippen LogP contribution in [0.2, 0.25) is 0 Å². The highest BCUT2D eigenvalue weighted by molar-refractivity contribution is 5.28. The van der Waals surface area contributed by atoms with Crippen LogP contribution in [0.25, 0.3) is 0 Å². The van der Waals surface area contributed by atoms with Gasteiger partial charge in [-0.2, -0.15) is 0 Å². The zero-order valence-corrected chi connectivity index (χ0v) is 11.1. The Morgan fingerprint density at radius 1 is 1.24 bits per heavy atom. The van der Waals surface area contributed by atoms with Crippen LogP contribution >= 0.6 is 0 Å². The van der Waals surface area contributed by atoms with Crippen LogP contribution in [0.1, 0.15) is 38.9 Å². The predicted molar refractivity (Wildman–Crippen MR) is 68.3 cm³/mol. The summed E-state index contributed by atoms with van der Waals surface area (Å²) in [6, 6.07) is 7.53. The lowest BCUT2D eigenvalue weighted by Crippen LogP contribution is -2.25. The zero-order chi connectivity index (χ0) is 12.9. The van der Waals surface area contributed by atoms with Crippen molar-refractivity contribution in [2.24, 2.45) is 0 Å². The van der Waals surface area contributed by atoms with Gasteiger partial charge < -0.3 is 14.6 Å². The minimum absolute atomic E-state index is 0.321. The van der Waals surface area contributed by atoms with Gasteiger partial charge >= 0.3 is 0 Å². The number of hydrogen-bond donors (Lipinski definition) is 1. The van der Waals surface area contributed by atoms with Crippen LogP contribution in [-0.2, 0) is 4.74 Å². The highest BCUT2D eigenvalue weighted by atomic mass is 16.5. The molecule has 0 saturated heterocycles. The van der Waals surface area contributed by atoms with Crippen molar-refractivity contribution in [3.8, 4) is 5.75 Å². The first-order chi connectivity index (χ1) is 7.98. The van der Waals surface area contributed by atoms with E-state index in [-0.39, 0.29) is 5.60 Å². The molecule has 1 rings (SSSR count). The Balaban J connectivity index is 2.66. The molecule has 1 aromatic carbocycles. The van der Waals surface area contributed by atoms with Crippen LogP contribution < -0.4 is 4.74 Å². The molecule has 0 amide bonds. The fourth-order valence-electron chi connectivity index (χ4n) is 1.62. The summed E-state index contributed by atoms with van der Waals surface area (Å²) < 4.78 is 10.7. The quantitative estimate of drug-likeness (QED) is 0.828. The average Bonchev–Trinajstić information content (AvgIpc) is 2.30. The van der Waals surface area contributed by atoms with Gasteiger partial charge in [0.15, 0.2) is 0 Å². The molecule has 0 aromatic heterocycles. The Bertz CT molecular complexity index is 330. The summed E-state index contributed by atoms with van der Waals surface area (Å²) in [6.07, 6.45) is 0.0536. The first kappa shape index (κ1) is 14.0. The summed E-state index contributed by atoms with van der Waals surface area (Å²) in [5.74, 6) is 0.828. The molecule has 0 aliphatic rings. The molecular weight excluding hydrogens is 216 g/mol. The number of methoxy groups -OCH3 is 1. The van der Waals surface area contributed by atoms with Crippen LogP contribution in [0.5, 0.6) is 5.75 Å². The monoisotopic (exact) mass is 238 g/mol. The lowest BCUT2D eigenvalue weighted by atomic mass is 9.96. The molecule has 0 aliphatic heterocycles. The van der Waals surface area contributed by atoms with Gasteiger partial charge in [0, 0.05) is 13.5 Å². The van der Waals surface area contributed by atoms with Gasteiger partial charge in [0.05, 0.1) is 18.3 Å². The van der Waals surface area contributed by atoms with Gasteiger partial charge in [-0.3, -0.25) is 0 Å². The fourth-order valence-corrected chi connectivity index (χ4v) is 1.62. The second kappa shape index (κ2) is 6.03. The van der Waals surface area contributed by atoms with Crippen molar-refractivity contribution >= 4 is 0 Å². The Labute approximate surface area is 103 Å². The molecule has 1 N–H and O–H groups in total. The average molecular weight is 238 g/mol.